The first kappa shape index (κ1) is 41.2. The van der Waals surface area contributed by atoms with Gasteiger partial charge in [0.25, 0.3) is 0 Å². The Labute approximate surface area is 349 Å². The van der Waals surface area contributed by atoms with Gasteiger partial charge in [-0.05, 0) is 91.8 Å². The van der Waals surface area contributed by atoms with Crippen LogP contribution in [0.1, 0.15) is 49.0 Å². The van der Waals surface area contributed by atoms with Crippen molar-refractivity contribution in [1.29, 1.82) is 0 Å². The number of hydrogen-bond donors (Lipinski definition) is 9. The first-order chi connectivity index (χ1) is 29.3. The van der Waals surface area contributed by atoms with Gasteiger partial charge < -0.3 is 50.2 Å². The van der Waals surface area contributed by atoms with E-state index in [1.54, 1.807) is 19.2 Å². The van der Waals surface area contributed by atoms with Crippen LogP contribution < -0.4 is 20.4 Å². The minimum atomic E-state index is -2.39. The molecule has 1 aliphatic carbocycles. The summed E-state index contributed by atoms with van der Waals surface area (Å²) in [4.78, 5) is 43.7. The highest BCUT2D eigenvalue weighted by Gasteiger charge is 2.54. The molecule has 1 unspecified atom stereocenters. The lowest BCUT2D eigenvalue weighted by atomic mass is 9.68. The molecule has 5 heterocycles. The Balaban J connectivity index is 1.09. The highest BCUT2D eigenvalue weighted by atomic mass is 17.2. The van der Waals surface area contributed by atoms with E-state index in [4.69, 9.17) is 18.9 Å². The van der Waals surface area contributed by atoms with E-state index in [1.165, 1.54) is 36.4 Å². The summed E-state index contributed by atoms with van der Waals surface area (Å²) in [6.07, 6.45) is 1.65. The Morgan fingerprint density at radius 3 is 2.66 bits per heavy atom. The van der Waals surface area contributed by atoms with E-state index in [9.17, 15) is 45.3 Å². The predicted octanol–water partition coefficient (Wildman–Crippen LogP) is 1.41. The van der Waals surface area contributed by atoms with Crippen molar-refractivity contribution in [2.24, 2.45) is 16.8 Å². The van der Waals surface area contributed by atoms with Crippen molar-refractivity contribution in [2.75, 3.05) is 26.3 Å². The lowest BCUT2D eigenvalue weighted by Crippen LogP contribution is -3.01. The van der Waals surface area contributed by atoms with Crippen LogP contribution >= 0.6 is 0 Å². The zero-order valence-corrected chi connectivity index (χ0v) is 33.5. The summed E-state index contributed by atoms with van der Waals surface area (Å²) in [5, 5.41) is 79.5. The normalized spacial score (nSPS) is 27.0. The van der Waals surface area contributed by atoms with Crippen LogP contribution in [0.3, 0.4) is 0 Å². The second-order valence-electron chi connectivity index (χ2n) is 17.3. The van der Waals surface area contributed by atoms with E-state index in [0.29, 0.717) is 82.4 Å². The number of aryl methyl sites for hydroxylation is 1. The molecule has 61 heavy (non-hydrogen) atoms. The van der Waals surface area contributed by atoms with Gasteiger partial charge in [-0.2, -0.15) is 0 Å². The number of aliphatic imine (C=N–C) groups is 1. The number of hydrogen-bond acceptors (Lipinski definition) is 14. The SMILES string of the molecule is Cc1cc(=O)c2cc3c(c([NH+]4C=C5N=CC=C5C4)c2o1)O[C@@]1(CCC[C@@H]([C@@H]2CNC(=O)C2)C1)[C@H](OOC[C@@](O)(Cc1ccc(O)c2ccc(O)cc12)[C@@H](O)[C@H](O)[C@H](O)CO)C3. The third-order valence-electron chi connectivity index (χ3n) is 13.3. The van der Waals surface area contributed by atoms with Crippen LogP contribution in [0.4, 0.5) is 5.69 Å². The van der Waals surface area contributed by atoms with Crippen molar-refractivity contribution >= 4 is 39.6 Å². The van der Waals surface area contributed by atoms with Gasteiger partial charge in [-0.25, -0.2) is 9.78 Å². The molecule has 322 valence electrons. The fourth-order valence-electron chi connectivity index (χ4n) is 10.0. The maximum Gasteiger partial charge on any atom is 0.222 e. The maximum atomic E-state index is 13.6. The number of ether oxygens (including phenoxy) is 1. The minimum absolute atomic E-state index is 0.00836. The Bertz CT molecular complexity index is 2550. The lowest BCUT2D eigenvalue weighted by Gasteiger charge is -2.49. The Hall–Kier alpha value is -5.17. The number of quaternary nitrogens is 1. The van der Waals surface area contributed by atoms with E-state index in [1.807, 2.05) is 12.3 Å². The number of aromatic hydroxyl groups is 2. The molecule has 0 radical (unpaired) electrons. The number of carbonyl (C=O) groups is 1. The monoisotopic (exact) mass is 840 g/mol. The van der Waals surface area contributed by atoms with Crippen LogP contribution in [0, 0.1) is 18.8 Å². The molecule has 1 amide bonds. The smallest absolute Gasteiger partial charge is 0.222 e. The molecule has 0 bridgehead atoms. The van der Waals surface area contributed by atoms with E-state index < -0.39 is 55.3 Å². The lowest BCUT2D eigenvalue weighted by molar-refractivity contribution is -0.763. The molecule has 9 atom stereocenters. The molecule has 16 heteroatoms. The third-order valence-corrected chi connectivity index (χ3v) is 13.3. The highest BCUT2D eigenvalue weighted by Crippen LogP contribution is 2.50. The third kappa shape index (κ3) is 7.50. The molecular formula is C45H50N3O13+. The van der Waals surface area contributed by atoms with E-state index >= 15 is 0 Å². The standard InChI is InChI=1S/C45H49N3O13/c1-23-11-35(52)32-12-27-13-37(61-58-22-44(57,43(56)40(55)36(53)21-49)16-25-4-7-34(51)30-6-5-29(50)15-31(25)30)45(9-2-3-24(17-45)28-14-38(54)47-18-28)60-41(27)39(42(32)59-23)48-19-26-8-10-46-33(26)20-48/h4-8,10-12,15,20,24,28,36-37,40,43,49-51,53,55-57H,2-3,9,13-14,16-19,21-22H2,1H3,(H,47,54)/p+1/t24-,28+,36-,37-,40-,43+,44+,45-/m1/s1. The molecule has 9 rings (SSSR count). The van der Waals surface area contributed by atoms with E-state index in [-0.39, 0.29) is 41.1 Å². The molecule has 1 spiro atoms. The summed E-state index contributed by atoms with van der Waals surface area (Å²) in [5.41, 5.74) is 0.276. The van der Waals surface area contributed by atoms with Gasteiger partial charge in [0.1, 0.15) is 77.9 Å². The van der Waals surface area contributed by atoms with Gasteiger partial charge in [-0.3, -0.25) is 19.5 Å². The number of benzene rings is 3. The molecule has 2 fully saturated rings. The van der Waals surface area contributed by atoms with Gasteiger partial charge in [0.15, 0.2) is 11.2 Å². The number of amides is 1. The van der Waals surface area contributed by atoms with E-state index in [2.05, 4.69) is 10.3 Å². The molecule has 16 nitrogen and oxygen atoms in total. The Morgan fingerprint density at radius 1 is 1.05 bits per heavy atom. The molecule has 9 N–H and O–H groups in total. The highest BCUT2D eigenvalue weighted by molar-refractivity contribution is 5.92. The Kier molecular flexibility index (Phi) is 10.8. The van der Waals surface area contributed by atoms with Crippen molar-refractivity contribution in [1.82, 2.24) is 5.32 Å². The molecule has 5 aliphatic rings. The van der Waals surface area contributed by atoms with Crippen molar-refractivity contribution in [3.63, 3.8) is 0 Å². The van der Waals surface area contributed by atoms with Crippen LogP contribution in [-0.2, 0) is 27.4 Å². The van der Waals surface area contributed by atoms with Crippen LogP contribution in [-0.4, -0.2) is 110 Å². The summed E-state index contributed by atoms with van der Waals surface area (Å²) in [6.45, 7) is 1.13. The average molecular weight is 841 g/mol. The number of nitrogens with one attached hydrogen (secondary N) is 2. The zero-order valence-electron chi connectivity index (χ0n) is 33.5. The molecule has 4 aromatic rings. The largest absolute Gasteiger partial charge is 0.508 e. The van der Waals surface area contributed by atoms with Gasteiger partial charge in [0.05, 0.1) is 12.0 Å². The molecule has 4 aliphatic heterocycles. The number of phenolic OH excluding ortho intramolecular Hbond substituents is 2. The average Bonchev–Trinajstić information content (AvgIpc) is 3.98. The first-order valence-electron chi connectivity index (χ1n) is 20.7. The minimum Gasteiger partial charge on any atom is -0.508 e. The summed E-state index contributed by atoms with van der Waals surface area (Å²) < 4.78 is 13.6. The summed E-state index contributed by atoms with van der Waals surface area (Å²) in [7, 11) is 0. The van der Waals surface area contributed by atoms with Crippen LogP contribution in [0.15, 0.2) is 80.2 Å². The molecule has 1 aromatic heterocycles. The maximum absolute atomic E-state index is 13.6. The fraction of sp³-hybridized carbons (Fsp3) is 0.444. The number of aliphatic hydroxyl groups is 5. The predicted molar refractivity (Wildman–Crippen MR) is 219 cm³/mol. The van der Waals surface area contributed by atoms with Crippen molar-refractivity contribution in [3.05, 3.63) is 93.1 Å². The summed E-state index contributed by atoms with van der Waals surface area (Å²) >= 11 is 0. The quantitative estimate of drug-likeness (QED) is 0.0725. The van der Waals surface area contributed by atoms with Crippen molar-refractivity contribution in [3.8, 4) is 17.2 Å². The number of allylic oxidation sites excluding steroid dienone is 1. The van der Waals surface area contributed by atoms with Crippen LogP contribution in [0.2, 0.25) is 0 Å². The Morgan fingerprint density at radius 2 is 1.89 bits per heavy atom. The van der Waals surface area contributed by atoms with Gasteiger partial charge in [-0.1, -0.05) is 6.07 Å². The van der Waals surface area contributed by atoms with Crippen LogP contribution in [0.5, 0.6) is 17.2 Å². The van der Waals surface area contributed by atoms with Crippen LogP contribution in [0.25, 0.3) is 21.7 Å². The summed E-state index contributed by atoms with van der Waals surface area (Å²) in [5.74, 6) is 0.903. The van der Waals surface area contributed by atoms with Gasteiger partial charge >= 0.3 is 0 Å². The molecular weight excluding hydrogens is 791 g/mol. The van der Waals surface area contributed by atoms with Crippen molar-refractivity contribution < 1.29 is 64.4 Å². The number of rotatable bonds is 12. The topological polar surface area (TPSA) is 245 Å². The molecule has 1 saturated carbocycles. The number of fused-ring (bicyclic) bond motifs is 4. The van der Waals surface area contributed by atoms with Gasteiger partial charge in [0, 0.05) is 54.6 Å². The number of phenols is 2. The summed E-state index contributed by atoms with van der Waals surface area (Å²) in [6, 6.07) is 10.3. The number of nitrogens with zero attached hydrogens (tertiary/aromatic N) is 1. The number of aliphatic hydroxyl groups excluding tert-OH is 4. The second-order valence-corrected chi connectivity index (χ2v) is 17.3. The van der Waals surface area contributed by atoms with Crippen molar-refractivity contribution in [2.45, 2.75) is 87.5 Å². The first-order valence-corrected chi connectivity index (χ1v) is 20.7. The van der Waals surface area contributed by atoms with Gasteiger partial charge in [-0.15, -0.1) is 0 Å². The van der Waals surface area contributed by atoms with E-state index in [0.717, 1.165) is 29.0 Å². The molecule has 3 aromatic carbocycles. The zero-order chi connectivity index (χ0) is 42.8. The second kappa shape index (κ2) is 15.9. The fourth-order valence-corrected chi connectivity index (χ4v) is 10.0. The van der Waals surface area contributed by atoms with Gasteiger partial charge in [0.2, 0.25) is 17.2 Å². The number of carbonyl (C=O) groups excluding carboxylic acids is 1. The molecule has 1 saturated heterocycles.